The van der Waals surface area contributed by atoms with E-state index in [-0.39, 0.29) is 17.1 Å². The van der Waals surface area contributed by atoms with Crippen molar-refractivity contribution in [3.63, 3.8) is 0 Å². The Bertz CT molecular complexity index is 901. The van der Waals surface area contributed by atoms with E-state index in [1.165, 1.54) is 4.57 Å². The van der Waals surface area contributed by atoms with Crippen molar-refractivity contribution in [2.75, 3.05) is 25.2 Å². The molecule has 0 aliphatic carbocycles. The maximum Gasteiger partial charge on any atom is 0.280 e. The minimum absolute atomic E-state index is 0.0492. The quantitative estimate of drug-likeness (QED) is 0.544. The van der Waals surface area contributed by atoms with Gasteiger partial charge < -0.3 is 20.7 Å². The first-order chi connectivity index (χ1) is 11.6. The van der Waals surface area contributed by atoms with Gasteiger partial charge >= 0.3 is 0 Å². The van der Waals surface area contributed by atoms with E-state index in [2.05, 4.69) is 34.6 Å². The highest BCUT2D eigenvalue weighted by molar-refractivity contribution is 7.72. The normalized spacial score (nSPS) is 27.2. The Kier molecular flexibility index (Phi) is 4.53. The Hall–Kier alpha value is -1.67. The molecule has 1 unspecified atom stereocenters. The molecule has 0 amide bonds. The number of aryl methyl sites for hydroxylation is 1. The number of nitrogens with zero attached hydrogens (tertiary/aromatic N) is 3. The van der Waals surface area contributed by atoms with Crippen LogP contribution in [0, 0.1) is 6.92 Å². The molecule has 4 atom stereocenters. The summed E-state index contributed by atoms with van der Waals surface area (Å²) in [6, 6.07) is 0. The summed E-state index contributed by atoms with van der Waals surface area (Å²) in [6.45, 7) is 4.62. The van der Waals surface area contributed by atoms with E-state index < -0.39 is 37.0 Å². The number of aliphatic hydroxyl groups excluding tert-OH is 2. The first-order valence-electron chi connectivity index (χ1n) is 8.02. The SMILES string of the molecule is C=P(C)(C)CC[C@H]1OC(n2c(C)nc3c(=O)[nH]c(N)nc32)[C@H](O)[C@@H]1O. The predicted octanol–water partition coefficient (Wildman–Crippen LogP) is -0.271. The number of imidazole rings is 1. The summed E-state index contributed by atoms with van der Waals surface area (Å²) in [5.41, 5.74) is 5.50. The van der Waals surface area contributed by atoms with Crippen molar-refractivity contribution in [3.05, 3.63) is 16.2 Å². The number of nitrogens with one attached hydrogen (secondary N) is 1. The van der Waals surface area contributed by atoms with Crippen molar-refractivity contribution in [2.24, 2.45) is 0 Å². The van der Waals surface area contributed by atoms with E-state index in [9.17, 15) is 15.0 Å². The van der Waals surface area contributed by atoms with E-state index >= 15 is 0 Å². The van der Waals surface area contributed by atoms with Gasteiger partial charge in [0.2, 0.25) is 5.95 Å². The zero-order valence-electron chi connectivity index (χ0n) is 14.5. The maximum atomic E-state index is 12.0. The first kappa shape index (κ1) is 18.1. The van der Waals surface area contributed by atoms with Gasteiger partial charge in [0.05, 0.1) is 6.10 Å². The summed E-state index contributed by atoms with van der Waals surface area (Å²) < 4.78 is 7.43. The van der Waals surface area contributed by atoms with Crippen molar-refractivity contribution >= 4 is 30.3 Å². The Morgan fingerprint density at radius 2 is 2.04 bits per heavy atom. The van der Waals surface area contributed by atoms with Crippen LogP contribution in [0.1, 0.15) is 18.5 Å². The smallest absolute Gasteiger partial charge is 0.280 e. The van der Waals surface area contributed by atoms with Crippen LogP contribution in [-0.4, -0.2) is 73.8 Å². The molecule has 1 aliphatic rings. The Balaban J connectivity index is 1.97. The van der Waals surface area contributed by atoms with Crippen LogP contribution in [0.5, 0.6) is 0 Å². The average molecular weight is 369 g/mol. The van der Waals surface area contributed by atoms with E-state index in [1.807, 2.05) is 0 Å². The first-order valence-corrected chi connectivity index (χ1v) is 11.1. The molecule has 3 rings (SSSR count). The number of aromatic nitrogens is 4. The maximum absolute atomic E-state index is 12.0. The number of nitrogen functional groups attached to an aromatic ring is 1. The largest absolute Gasteiger partial charge is 0.388 e. The lowest BCUT2D eigenvalue weighted by Gasteiger charge is -2.19. The molecule has 25 heavy (non-hydrogen) atoms. The zero-order valence-corrected chi connectivity index (χ0v) is 15.4. The lowest BCUT2D eigenvalue weighted by molar-refractivity contribution is -0.0363. The van der Waals surface area contributed by atoms with E-state index in [0.29, 0.717) is 12.2 Å². The van der Waals surface area contributed by atoms with Crippen LogP contribution in [-0.2, 0) is 4.74 Å². The third kappa shape index (κ3) is 3.37. The third-order valence-corrected chi connectivity index (χ3v) is 5.82. The lowest BCUT2D eigenvalue weighted by atomic mass is 10.1. The highest BCUT2D eigenvalue weighted by atomic mass is 31.2. The molecular weight excluding hydrogens is 345 g/mol. The predicted molar refractivity (Wildman–Crippen MR) is 98.6 cm³/mol. The summed E-state index contributed by atoms with van der Waals surface area (Å²) in [5.74, 6) is 0.396. The molecule has 0 saturated carbocycles. The average Bonchev–Trinajstić information content (AvgIpc) is 2.95. The summed E-state index contributed by atoms with van der Waals surface area (Å²) in [6.07, 6.45) is 1.99. The Morgan fingerprint density at radius 1 is 1.36 bits per heavy atom. The number of fused-ring (bicyclic) bond motifs is 1. The molecule has 1 saturated heterocycles. The van der Waals surface area contributed by atoms with Crippen LogP contribution in [0.25, 0.3) is 11.2 Å². The number of ether oxygens (including phenoxy) is 1. The highest BCUT2D eigenvalue weighted by Crippen LogP contribution is 2.40. The van der Waals surface area contributed by atoms with E-state index in [0.717, 1.165) is 6.16 Å². The zero-order chi connectivity index (χ0) is 18.5. The molecule has 1 fully saturated rings. The molecule has 0 aromatic carbocycles. The number of hydrogen-bond donors (Lipinski definition) is 4. The lowest BCUT2D eigenvalue weighted by Crippen LogP contribution is -2.32. The molecular formula is C15H24N5O4P. The monoisotopic (exact) mass is 369 g/mol. The number of aromatic amines is 1. The molecule has 0 radical (unpaired) electrons. The van der Waals surface area contributed by atoms with E-state index in [4.69, 9.17) is 10.5 Å². The van der Waals surface area contributed by atoms with Crippen LogP contribution in [0.3, 0.4) is 0 Å². The second-order valence-electron chi connectivity index (χ2n) is 7.15. The topological polar surface area (TPSA) is 139 Å². The fraction of sp³-hybridized carbons (Fsp3) is 0.600. The molecule has 138 valence electrons. The van der Waals surface area contributed by atoms with Gasteiger partial charge in [-0.2, -0.15) is 4.98 Å². The van der Waals surface area contributed by atoms with Crippen molar-refractivity contribution in [1.82, 2.24) is 19.5 Å². The van der Waals surface area contributed by atoms with Crippen LogP contribution in [0.15, 0.2) is 4.79 Å². The molecule has 3 heterocycles. The number of nitrogens with two attached hydrogens (primary N) is 1. The van der Waals surface area contributed by atoms with Crippen molar-refractivity contribution < 1.29 is 14.9 Å². The standard InChI is InChI=1S/C15H24N5O4P/c1-7-17-9-12(18-15(16)19-13(9)23)20(7)14-11(22)10(21)8(24-14)5-6-25(2,3)4/h8,10-11,14,21-22H,2,5-6H2,1,3-4H3,(H3,16,18,19,23)/t8-,10-,11-,14?/m1/s1. The summed E-state index contributed by atoms with van der Waals surface area (Å²) >= 11 is 0. The van der Waals surface area contributed by atoms with Crippen LogP contribution < -0.4 is 11.3 Å². The Labute approximate surface area is 144 Å². The molecule has 2 aromatic rings. The number of H-pyrrole nitrogens is 1. The van der Waals surface area contributed by atoms with Gasteiger partial charge in [-0.3, -0.25) is 14.3 Å². The van der Waals surface area contributed by atoms with Gasteiger partial charge in [-0.05, 0) is 32.8 Å². The molecule has 5 N–H and O–H groups in total. The second kappa shape index (κ2) is 6.25. The van der Waals surface area contributed by atoms with Gasteiger partial charge in [0.25, 0.3) is 5.56 Å². The molecule has 0 bridgehead atoms. The van der Waals surface area contributed by atoms with Gasteiger partial charge in [0, 0.05) is 0 Å². The Morgan fingerprint density at radius 3 is 2.68 bits per heavy atom. The van der Waals surface area contributed by atoms with Crippen molar-refractivity contribution in [3.8, 4) is 0 Å². The number of rotatable bonds is 4. The van der Waals surface area contributed by atoms with Gasteiger partial charge in [-0.1, -0.05) is 0 Å². The second-order valence-corrected chi connectivity index (χ2v) is 11.5. The summed E-state index contributed by atoms with van der Waals surface area (Å²) in [7, 11) is 0. The fourth-order valence-corrected chi connectivity index (χ4v) is 4.03. The van der Waals surface area contributed by atoms with Crippen LogP contribution in [0.2, 0.25) is 0 Å². The van der Waals surface area contributed by atoms with Crippen LogP contribution in [0.4, 0.5) is 5.95 Å². The minimum Gasteiger partial charge on any atom is -0.388 e. The fourth-order valence-electron chi connectivity index (χ4n) is 3.07. The number of anilines is 1. The molecule has 0 spiro atoms. The number of hydrogen-bond acceptors (Lipinski definition) is 7. The molecule has 1 aliphatic heterocycles. The number of aliphatic hydroxyl groups is 2. The highest BCUT2D eigenvalue weighted by Gasteiger charge is 2.44. The molecule has 10 heteroatoms. The van der Waals surface area contributed by atoms with Gasteiger partial charge in [0.15, 0.2) is 17.4 Å². The summed E-state index contributed by atoms with van der Waals surface area (Å²) in [5, 5.41) is 20.8. The molecule has 2 aromatic heterocycles. The van der Waals surface area contributed by atoms with Gasteiger partial charge in [0.1, 0.15) is 18.0 Å². The summed E-state index contributed by atoms with van der Waals surface area (Å²) in [4.78, 5) is 22.7. The van der Waals surface area contributed by atoms with Crippen LogP contribution >= 0.6 is 6.89 Å². The van der Waals surface area contributed by atoms with E-state index in [1.54, 1.807) is 6.92 Å². The van der Waals surface area contributed by atoms with Gasteiger partial charge in [-0.15, -0.1) is 13.2 Å². The minimum atomic E-state index is -1.27. The third-order valence-electron chi connectivity index (χ3n) is 4.36. The van der Waals surface area contributed by atoms with Crippen molar-refractivity contribution in [1.29, 1.82) is 0 Å². The molecule has 9 nitrogen and oxygen atoms in total. The van der Waals surface area contributed by atoms with Crippen molar-refractivity contribution in [2.45, 2.75) is 37.9 Å². The van der Waals surface area contributed by atoms with Gasteiger partial charge in [-0.25, -0.2) is 4.98 Å².